The number of carbonyl (C=O) groups is 3. The van der Waals surface area contributed by atoms with Crippen LogP contribution in [0.1, 0.15) is 72.6 Å². The number of ketones is 1. The number of benzene rings is 1. The summed E-state index contributed by atoms with van der Waals surface area (Å²) < 4.78 is 5.13. The highest BCUT2D eigenvalue weighted by atomic mass is 16.5. The van der Waals surface area contributed by atoms with Crippen LogP contribution in [0.5, 0.6) is 0 Å². The molecule has 23 heavy (non-hydrogen) atoms. The lowest BCUT2D eigenvalue weighted by Crippen LogP contribution is -2.12. The minimum atomic E-state index is -1.14. The molecule has 0 aliphatic heterocycles. The maximum absolute atomic E-state index is 11.9. The molecule has 0 saturated carbocycles. The third kappa shape index (κ3) is 7.58. The van der Waals surface area contributed by atoms with Gasteiger partial charge in [0.25, 0.3) is 0 Å². The van der Waals surface area contributed by atoms with Gasteiger partial charge in [-0.3, -0.25) is 0 Å². The molecule has 0 aliphatic rings. The predicted octanol–water partition coefficient (Wildman–Crippen LogP) is 3.86. The molecule has 0 atom stereocenters. The molecule has 1 rings (SSSR count). The Labute approximate surface area is 136 Å². The Hall–Kier alpha value is -2.17. The van der Waals surface area contributed by atoms with Crippen LogP contribution in [0.15, 0.2) is 24.3 Å². The molecule has 0 aliphatic carbocycles. The molecule has 5 heteroatoms. The van der Waals surface area contributed by atoms with Gasteiger partial charge in [-0.1, -0.05) is 37.8 Å². The highest BCUT2D eigenvalue weighted by molar-refractivity contribution is 6.02. The molecular formula is C18H24O5. The summed E-state index contributed by atoms with van der Waals surface area (Å²) in [5.41, 5.74) is 0.0483. The summed E-state index contributed by atoms with van der Waals surface area (Å²) in [4.78, 5) is 33.7. The van der Waals surface area contributed by atoms with Gasteiger partial charge in [0.05, 0.1) is 17.7 Å². The molecule has 0 amide bonds. The number of ether oxygens (including phenoxy) is 1. The van der Waals surface area contributed by atoms with Crippen LogP contribution in [0.25, 0.3) is 0 Å². The van der Waals surface area contributed by atoms with E-state index in [0.29, 0.717) is 13.0 Å². The first kappa shape index (κ1) is 18.9. The first-order chi connectivity index (χ1) is 11.0. The van der Waals surface area contributed by atoms with Crippen molar-refractivity contribution in [3.05, 3.63) is 35.4 Å². The monoisotopic (exact) mass is 320 g/mol. The highest BCUT2D eigenvalue weighted by Gasteiger charge is 2.16. The maximum Gasteiger partial charge on any atom is 0.339 e. The van der Waals surface area contributed by atoms with E-state index in [1.165, 1.54) is 12.1 Å². The summed E-state index contributed by atoms with van der Waals surface area (Å²) in [7, 11) is 0. The van der Waals surface area contributed by atoms with Gasteiger partial charge in [-0.25, -0.2) is 9.59 Å². The Morgan fingerprint density at radius 2 is 1.48 bits per heavy atom. The van der Waals surface area contributed by atoms with Gasteiger partial charge in [0, 0.05) is 6.42 Å². The third-order valence-electron chi connectivity index (χ3n) is 3.53. The van der Waals surface area contributed by atoms with Crippen LogP contribution < -0.4 is 0 Å². The van der Waals surface area contributed by atoms with E-state index in [4.69, 9.17) is 9.84 Å². The smallest absolute Gasteiger partial charge is 0.339 e. The van der Waals surface area contributed by atoms with Crippen LogP contribution in [-0.2, 0) is 9.53 Å². The summed E-state index contributed by atoms with van der Waals surface area (Å²) in [5.74, 6) is -1.49. The lowest BCUT2D eigenvalue weighted by molar-refractivity contribution is -0.117. The SMILES string of the molecule is CC(=O)CCCCCCCCOC(=O)c1ccccc1C(=O)O. The average molecular weight is 320 g/mol. The standard InChI is InChI=1S/C18H24O5/c1-14(19)10-6-4-2-3-5-9-13-23-18(22)16-12-8-7-11-15(16)17(20)21/h7-8,11-12H,2-6,9-10,13H2,1H3,(H,20,21). The lowest BCUT2D eigenvalue weighted by atomic mass is 10.1. The largest absolute Gasteiger partial charge is 0.478 e. The van der Waals surface area contributed by atoms with Gasteiger partial charge in [-0.05, 0) is 31.9 Å². The Morgan fingerprint density at radius 3 is 2.09 bits per heavy atom. The molecule has 0 unspecified atom stereocenters. The van der Waals surface area contributed by atoms with Crippen LogP contribution in [0.4, 0.5) is 0 Å². The molecule has 0 radical (unpaired) electrons. The van der Waals surface area contributed by atoms with E-state index in [1.807, 2.05) is 0 Å². The summed E-state index contributed by atoms with van der Waals surface area (Å²) in [6.07, 6.45) is 6.47. The van der Waals surface area contributed by atoms with Crippen molar-refractivity contribution in [2.75, 3.05) is 6.61 Å². The lowest BCUT2D eigenvalue weighted by Gasteiger charge is -2.07. The second-order valence-corrected chi connectivity index (χ2v) is 5.56. The van der Waals surface area contributed by atoms with Crippen molar-refractivity contribution in [3.63, 3.8) is 0 Å². The minimum Gasteiger partial charge on any atom is -0.478 e. The predicted molar refractivity (Wildman–Crippen MR) is 86.7 cm³/mol. The number of carboxylic acid groups (broad SMARTS) is 1. The van der Waals surface area contributed by atoms with Gasteiger partial charge in [-0.15, -0.1) is 0 Å². The van der Waals surface area contributed by atoms with Crippen molar-refractivity contribution in [1.82, 2.24) is 0 Å². The van der Waals surface area contributed by atoms with E-state index in [0.717, 1.165) is 38.5 Å². The van der Waals surface area contributed by atoms with Crippen molar-refractivity contribution in [1.29, 1.82) is 0 Å². The molecule has 0 saturated heterocycles. The van der Waals surface area contributed by atoms with E-state index < -0.39 is 11.9 Å². The Kier molecular flexibility index (Phi) is 8.65. The molecular weight excluding hydrogens is 296 g/mol. The van der Waals surface area contributed by atoms with Gasteiger partial charge < -0.3 is 14.6 Å². The van der Waals surface area contributed by atoms with E-state index in [9.17, 15) is 14.4 Å². The van der Waals surface area contributed by atoms with Crippen molar-refractivity contribution in [2.24, 2.45) is 0 Å². The minimum absolute atomic E-state index is 0.0389. The summed E-state index contributed by atoms with van der Waals surface area (Å²) in [6.45, 7) is 1.90. The number of carboxylic acids is 1. The first-order valence-corrected chi connectivity index (χ1v) is 8.01. The zero-order valence-electron chi connectivity index (χ0n) is 13.5. The molecule has 0 spiro atoms. The van der Waals surface area contributed by atoms with Gasteiger partial charge in [-0.2, -0.15) is 0 Å². The average Bonchev–Trinajstić information content (AvgIpc) is 2.52. The third-order valence-corrected chi connectivity index (χ3v) is 3.53. The number of aromatic carboxylic acids is 1. The number of rotatable bonds is 11. The fraction of sp³-hybridized carbons (Fsp3) is 0.500. The topological polar surface area (TPSA) is 80.7 Å². The summed E-state index contributed by atoms with van der Waals surface area (Å²) >= 11 is 0. The molecule has 126 valence electrons. The maximum atomic E-state index is 11.9. The van der Waals surface area contributed by atoms with E-state index in [-0.39, 0.29) is 16.9 Å². The number of unbranched alkanes of at least 4 members (excludes halogenated alkanes) is 5. The van der Waals surface area contributed by atoms with E-state index >= 15 is 0 Å². The summed E-state index contributed by atoms with van der Waals surface area (Å²) in [5, 5.41) is 9.03. The van der Waals surface area contributed by atoms with Crippen LogP contribution in [0, 0.1) is 0 Å². The van der Waals surface area contributed by atoms with Gasteiger partial charge in [0.1, 0.15) is 5.78 Å². The van der Waals surface area contributed by atoms with Crippen LogP contribution >= 0.6 is 0 Å². The molecule has 0 bridgehead atoms. The molecule has 0 heterocycles. The molecule has 5 nitrogen and oxygen atoms in total. The van der Waals surface area contributed by atoms with Gasteiger partial charge in [0.2, 0.25) is 0 Å². The number of hydrogen-bond donors (Lipinski definition) is 1. The van der Waals surface area contributed by atoms with Crippen LogP contribution in [-0.4, -0.2) is 29.4 Å². The Balaban J connectivity index is 2.18. The quantitative estimate of drug-likeness (QED) is 0.494. The number of Topliss-reactive ketones (excluding diaryl/α,β-unsaturated/α-hetero) is 1. The number of carbonyl (C=O) groups excluding carboxylic acids is 2. The second kappa shape index (κ2) is 10.5. The van der Waals surface area contributed by atoms with Gasteiger partial charge in [0.15, 0.2) is 0 Å². The molecule has 1 aromatic rings. The zero-order valence-corrected chi connectivity index (χ0v) is 13.5. The second-order valence-electron chi connectivity index (χ2n) is 5.56. The highest BCUT2D eigenvalue weighted by Crippen LogP contribution is 2.12. The zero-order chi connectivity index (χ0) is 17.1. The molecule has 0 aromatic heterocycles. The normalized spacial score (nSPS) is 10.3. The molecule has 1 N–H and O–H groups in total. The number of hydrogen-bond acceptors (Lipinski definition) is 4. The van der Waals surface area contributed by atoms with Crippen molar-refractivity contribution < 1.29 is 24.2 Å². The molecule has 1 aromatic carbocycles. The Morgan fingerprint density at radius 1 is 0.913 bits per heavy atom. The first-order valence-electron chi connectivity index (χ1n) is 8.01. The van der Waals surface area contributed by atoms with Crippen molar-refractivity contribution >= 4 is 17.7 Å². The van der Waals surface area contributed by atoms with E-state index in [2.05, 4.69) is 0 Å². The van der Waals surface area contributed by atoms with Crippen molar-refractivity contribution in [2.45, 2.75) is 51.9 Å². The fourth-order valence-corrected chi connectivity index (χ4v) is 2.27. The summed E-state index contributed by atoms with van der Waals surface area (Å²) in [6, 6.07) is 6.04. The van der Waals surface area contributed by atoms with E-state index in [1.54, 1.807) is 19.1 Å². The fourth-order valence-electron chi connectivity index (χ4n) is 2.27. The number of esters is 1. The van der Waals surface area contributed by atoms with Crippen LogP contribution in [0.2, 0.25) is 0 Å². The van der Waals surface area contributed by atoms with Crippen molar-refractivity contribution in [3.8, 4) is 0 Å². The Bertz CT molecular complexity index is 536. The molecule has 0 fully saturated rings. The van der Waals surface area contributed by atoms with Gasteiger partial charge >= 0.3 is 11.9 Å². The van der Waals surface area contributed by atoms with Crippen LogP contribution in [0.3, 0.4) is 0 Å².